The van der Waals surface area contributed by atoms with Gasteiger partial charge in [0.2, 0.25) is 11.8 Å². The van der Waals surface area contributed by atoms with Crippen LogP contribution in [0.25, 0.3) is 0 Å². The number of rotatable bonds is 10. The number of nitrogens with one attached hydrogen (secondary N) is 1. The molecule has 8 heteroatoms. The van der Waals surface area contributed by atoms with Crippen molar-refractivity contribution in [1.29, 1.82) is 0 Å². The van der Waals surface area contributed by atoms with Crippen LogP contribution < -0.4 is 5.32 Å². The van der Waals surface area contributed by atoms with Crippen LogP contribution in [0.15, 0.2) is 42.5 Å². The second-order valence-corrected chi connectivity index (χ2v) is 9.64. The maximum absolute atomic E-state index is 13.1. The molecule has 2 amide bonds. The first kappa shape index (κ1) is 25.9. The molecule has 2 aromatic carbocycles. The Balaban J connectivity index is 2.10. The highest BCUT2D eigenvalue weighted by molar-refractivity contribution is 7.99. The summed E-state index contributed by atoms with van der Waals surface area (Å²) in [4.78, 5) is 27.4. The summed E-state index contributed by atoms with van der Waals surface area (Å²) in [6.07, 6.45) is 0.818. The summed E-state index contributed by atoms with van der Waals surface area (Å²) in [5.74, 6) is 0.498. The molecule has 0 aliphatic rings. The lowest BCUT2D eigenvalue weighted by molar-refractivity contribution is -0.138. The Morgan fingerprint density at radius 2 is 1.77 bits per heavy atom. The van der Waals surface area contributed by atoms with Crippen LogP contribution in [0.5, 0.6) is 0 Å². The molecular formula is C23H27Cl3N2O2S. The second kappa shape index (κ2) is 12.6. The first-order valence-corrected chi connectivity index (χ1v) is 12.4. The van der Waals surface area contributed by atoms with Crippen molar-refractivity contribution in [3.8, 4) is 0 Å². The number of amides is 2. The minimum atomic E-state index is -0.611. The third-order valence-electron chi connectivity index (χ3n) is 4.91. The molecule has 4 nitrogen and oxygen atoms in total. The number of thioether (sulfide) groups is 1. The van der Waals surface area contributed by atoms with E-state index in [1.807, 2.05) is 38.1 Å². The van der Waals surface area contributed by atoms with Gasteiger partial charge in [0.1, 0.15) is 6.04 Å². The van der Waals surface area contributed by atoms with E-state index in [1.165, 1.54) is 11.8 Å². The van der Waals surface area contributed by atoms with Gasteiger partial charge in [-0.1, -0.05) is 59.9 Å². The van der Waals surface area contributed by atoms with Gasteiger partial charge in [0.15, 0.2) is 0 Å². The van der Waals surface area contributed by atoms with Crippen LogP contribution in [0.3, 0.4) is 0 Å². The third kappa shape index (κ3) is 8.23. The van der Waals surface area contributed by atoms with Crippen LogP contribution in [0.2, 0.25) is 15.1 Å². The summed E-state index contributed by atoms with van der Waals surface area (Å²) in [5.41, 5.74) is 1.78. The number of nitrogens with zero attached hydrogens (tertiary/aromatic N) is 1. The highest BCUT2D eigenvalue weighted by atomic mass is 35.5. The minimum Gasteiger partial charge on any atom is -0.352 e. The minimum absolute atomic E-state index is 0.0412. The summed E-state index contributed by atoms with van der Waals surface area (Å²) >= 11 is 19.7. The molecule has 31 heavy (non-hydrogen) atoms. The van der Waals surface area contributed by atoms with E-state index in [4.69, 9.17) is 34.8 Å². The molecule has 0 aromatic heterocycles. The number of carbonyl (C=O) groups is 2. The number of hydrogen-bond acceptors (Lipinski definition) is 3. The van der Waals surface area contributed by atoms with Gasteiger partial charge in [0, 0.05) is 33.4 Å². The Hall–Kier alpha value is -1.40. The van der Waals surface area contributed by atoms with Crippen molar-refractivity contribution in [3.63, 3.8) is 0 Å². The molecular weight excluding hydrogens is 475 g/mol. The van der Waals surface area contributed by atoms with Gasteiger partial charge >= 0.3 is 0 Å². The normalized spacial score (nSPS) is 12.8. The predicted molar refractivity (Wildman–Crippen MR) is 132 cm³/mol. The lowest BCUT2D eigenvalue weighted by Gasteiger charge is -2.29. The fraction of sp³-hybridized carbons (Fsp3) is 0.391. The van der Waals surface area contributed by atoms with Gasteiger partial charge in [0.25, 0.3) is 0 Å². The lowest BCUT2D eigenvalue weighted by Crippen LogP contribution is -2.50. The molecule has 0 aliphatic heterocycles. The first-order chi connectivity index (χ1) is 14.7. The number of benzene rings is 2. The average molecular weight is 502 g/mol. The molecule has 1 N–H and O–H groups in total. The summed E-state index contributed by atoms with van der Waals surface area (Å²) in [7, 11) is 0. The molecule has 2 unspecified atom stereocenters. The Kier molecular flexibility index (Phi) is 10.5. The van der Waals surface area contributed by atoms with Crippen LogP contribution in [0, 0.1) is 0 Å². The van der Waals surface area contributed by atoms with Crippen molar-refractivity contribution in [2.75, 3.05) is 5.75 Å². The van der Waals surface area contributed by atoms with Crippen molar-refractivity contribution in [1.82, 2.24) is 10.2 Å². The van der Waals surface area contributed by atoms with Crippen molar-refractivity contribution in [2.45, 2.75) is 51.6 Å². The summed E-state index contributed by atoms with van der Waals surface area (Å²) < 4.78 is 0. The maximum Gasteiger partial charge on any atom is 0.242 e. The second-order valence-electron chi connectivity index (χ2n) is 7.37. The Morgan fingerprint density at radius 3 is 2.42 bits per heavy atom. The van der Waals surface area contributed by atoms with Gasteiger partial charge in [-0.3, -0.25) is 9.59 Å². The maximum atomic E-state index is 13.1. The van der Waals surface area contributed by atoms with Crippen molar-refractivity contribution < 1.29 is 9.59 Å². The topological polar surface area (TPSA) is 49.4 Å². The van der Waals surface area contributed by atoms with Crippen LogP contribution in [0.1, 0.15) is 38.3 Å². The fourth-order valence-electron chi connectivity index (χ4n) is 2.85. The van der Waals surface area contributed by atoms with E-state index in [9.17, 15) is 9.59 Å². The molecule has 2 aromatic rings. The van der Waals surface area contributed by atoms with Crippen molar-refractivity contribution >= 4 is 58.4 Å². The van der Waals surface area contributed by atoms with Crippen LogP contribution in [-0.4, -0.2) is 34.6 Å². The van der Waals surface area contributed by atoms with Gasteiger partial charge in [-0.2, -0.15) is 0 Å². The van der Waals surface area contributed by atoms with Gasteiger partial charge in [-0.25, -0.2) is 0 Å². The molecule has 2 atom stereocenters. The quantitative estimate of drug-likeness (QED) is 0.421. The van der Waals surface area contributed by atoms with E-state index >= 15 is 0 Å². The molecule has 0 fully saturated rings. The monoisotopic (exact) mass is 500 g/mol. The van der Waals surface area contributed by atoms with Crippen molar-refractivity contribution in [3.05, 3.63) is 68.7 Å². The fourth-order valence-corrected chi connectivity index (χ4v) is 4.53. The van der Waals surface area contributed by atoms with Crippen LogP contribution >= 0.6 is 46.6 Å². The standard InChI is InChI=1S/C23H27Cl3N2O2S/c1-4-15(2)27-23(30)16(3)28(12-17-6-5-7-19(24)10-17)22(29)14-31-13-18-8-9-20(25)11-21(18)26/h5-11,15-16H,4,12-14H2,1-3H3,(H,27,30). The van der Waals surface area contributed by atoms with E-state index < -0.39 is 6.04 Å². The average Bonchev–Trinajstić information content (AvgIpc) is 2.72. The SMILES string of the molecule is CCC(C)NC(=O)C(C)N(Cc1cccc(Cl)c1)C(=O)CSCc1ccc(Cl)cc1Cl. The zero-order valence-electron chi connectivity index (χ0n) is 17.8. The highest BCUT2D eigenvalue weighted by Crippen LogP contribution is 2.25. The largest absolute Gasteiger partial charge is 0.352 e. The molecule has 0 heterocycles. The smallest absolute Gasteiger partial charge is 0.242 e. The predicted octanol–water partition coefficient (Wildman–Crippen LogP) is 6.21. The Morgan fingerprint density at radius 1 is 1.06 bits per heavy atom. The molecule has 0 spiro atoms. The zero-order chi connectivity index (χ0) is 23.0. The number of hydrogen-bond donors (Lipinski definition) is 1. The molecule has 0 saturated heterocycles. The van der Waals surface area contributed by atoms with E-state index in [-0.39, 0.29) is 23.6 Å². The van der Waals surface area contributed by atoms with Crippen molar-refractivity contribution in [2.24, 2.45) is 0 Å². The van der Waals surface area contributed by atoms with Gasteiger partial charge in [0.05, 0.1) is 5.75 Å². The molecule has 2 rings (SSSR count). The van der Waals surface area contributed by atoms with E-state index in [2.05, 4.69) is 5.32 Å². The highest BCUT2D eigenvalue weighted by Gasteiger charge is 2.26. The Bertz CT molecular complexity index is 910. The van der Waals surface area contributed by atoms with E-state index in [0.29, 0.717) is 27.4 Å². The van der Waals surface area contributed by atoms with E-state index in [0.717, 1.165) is 17.5 Å². The van der Waals surface area contributed by atoms with E-state index in [1.54, 1.807) is 30.0 Å². The Labute approximate surface area is 203 Å². The summed E-state index contributed by atoms with van der Waals surface area (Å²) in [6, 6.07) is 12.1. The lowest BCUT2D eigenvalue weighted by atomic mass is 10.1. The number of halogens is 3. The van der Waals surface area contributed by atoms with Gasteiger partial charge in [-0.15, -0.1) is 11.8 Å². The first-order valence-electron chi connectivity index (χ1n) is 10.1. The third-order valence-corrected chi connectivity index (χ3v) is 6.70. The summed E-state index contributed by atoms with van der Waals surface area (Å²) in [5, 5.41) is 4.70. The molecule has 0 saturated carbocycles. The molecule has 168 valence electrons. The molecule has 0 aliphatic carbocycles. The zero-order valence-corrected chi connectivity index (χ0v) is 20.9. The van der Waals surface area contributed by atoms with Gasteiger partial charge in [-0.05, 0) is 55.7 Å². The van der Waals surface area contributed by atoms with Crippen LogP contribution in [-0.2, 0) is 21.9 Å². The van der Waals surface area contributed by atoms with Crippen LogP contribution in [0.4, 0.5) is 0 Å². The summed E-state index contributed by atoms with van der Waals surface area (Å²) in [6.45, 7) is 6.00. The van der Waals surface area contributed by atoms with Gasteiger partial charge < -0.3 is 10.2 Å². The molecule has 0 bridgehead atoms. The molecule has 0 radical (unpaired) electrons. The number of carbonyl (C=O) groups excluding carboxylic acids is 2.